The van der Waals surface area contributed by atoms with Crippen LogP contribution in [0.25, 0.3) is 10.9 Å². The molecule has 98 valence electrons. The monoisotopic (exact) mass is 263 g/mol. The standard InChI is InChI=1S/C17H13NO2/c1-11-7-8-15-13(9-11)10-14(17(20)18-15)16(19)12-5-3-2-4-6-12/h2-10H,1H3,(H,18,20). The number of aromatic nitrogens is 1. The van der Waals surface area contributed by atoms with Crippen molar-refractivity contribution in [2.75, 3.05) is 0 Å². The summed E-state index contributed by atoms with van der Waals surface area (Å²) in [7, 11) is 0. The maximum atomic E-state index is 12.4. The number of carbonyl (C=O) groups excluding carboxylic acids is 1. The lowest BCUT2D eigenvalue weighted by atomic mass is 10.0. The van der Waals surface area contributed by atoms with Gasteiger partial charge in [-0.05, 0) is 30.5 Å². The molecule has 0 saturated heterocycles. The maximum Gasteiger partial charge on any atom is 0.259 e. The molecule has 0 atom stereocenters. The quantitative estimate of drug-likeness (QED) is 0.722. The summed E-state index contributed by atoms with van der Waals surface area (Å²) in [5.41, 5.74) is 2.17. The van der Waals surface area contributed by atoms with Gasteiger partial charge in [0.2, 0.25) is 0 Å². The zero-order valence-electron chi connectivity index (χ0n) is 11.0. The van der Waals surface area contributed by atoms with Gasteiger partial charge < -0.3 is 4.98 Å². The van der Waals surface area contributed by atoms with Gasteiger partial charge in [0.1, 0.15) is 0 Å². The number of hydrogen-bond donors (Lipinski definition) is 1. The van der Waals surface area contributed by atoms with Crippen molar-refractivity contribution in [3.63, 3.8) is 0 Å². The largest absolute Gasteiger partial charge is 0.321 e. The van der Waals surface area contributed by atoms with E-state index in [0.717, 1.165) is 16.5 Å². The first-order valence-corrected chi connectivity index (χ1v) is 6.38. The van der Waals surface area contributed by atoms with E-state index in [0.29, 0.717) is 5.56 Å². The van der Waals surface area contributed by atoms with Crippen molar-refractivity contribution in [3.8, 4) is 0 Å². The number of nitrogens with one attached hydrogen (secondary N) is 1. The van der Waals surface area contributed by atoms with Gasteiger partial charge in [0.15, 0.2) is 5.78 Å². The molecule has 0 amide bonds. The Morgan fingerprint density at radius 2 is 1.75 bits per heavy atom. The van der Waals surface area contributed by atoms with Gasteiger partial charge in [-0.3, -0.25) is 9.59 Å². The highest BCUT2D eigenvalue weighted by Gasteiger charge is 2.13. The predicted octanol–water partition coefficient (Wildman–Crippen LogP) is 3.07. The van der Waals surface area contributed by atoms with Crippen molar-refractivity contribution in [2.45, 2.75) is 6.92 Å². The van der Waals surface area contributed by atoms with Crippen LogP contribution in [0.5, 0.6) is 0 Å². The molecule has 0 aliphatic rings. The number of carbonyl (C=O) groups is 1. The Morgan fingerprint density at radius 1 is 1.00 bits per heavy atom. The van der Waals surface area contributed by atoms with Gasteiger partial charge in [-0.15, -0.1) is 0 Å². The van der Waals surface area contributed by atoms with Crippen molar-refractivity contribution in [1.82, 2.24) is 4.98 Å². The van der Waals surface area contributed by atoms with E-state index in [1.165, 1.54) is 0 Å². The van der Waals surface area contributed by atoms with Crippen LogP contribution in [0.15, 0.2) is 59.4 Å². The van der Waals surface area contributed by atoms with Gasteiger partial charge in [-0.2, -0.15) is 0 Å². The number of hydrogen-bond acceptors (Lipinski definition) is 2. The molecule has 0 spiro atoms. The van der Waals surface area contributed by atoms with Gasteiger partial charge in [-0.25, -0.2) is 0 Å². The van der Waals surface area contributed by atoms with Gasteiger partial charge in [0, 0.05) is 11.1 Å². The van der Waals surface area contributed by atoms with E-state index < -0.39 is 0 Å². The fraction of sp³-hybridized carbons (Fsp3) is 0.0588. The third-order valence-corrected chi connectivity index (χ3v) is 3.28. The van der Waals surface area contributed by atoms with E-state index in [-0.39, 0.29) is 16.9 Å². The summed E-state index contributed by atoms with van der Waals surface area (Å²) in [4.78, 5) is 27.2. The molecule has 1 N–H and O–H groups in total. The predicted molar refractivity (Wildman–Crippen MR) is 79.2 cm³/mol. The van der Waals surface area contributed by atoms with Crippen molar-refractivity contribution in [1.29, 1.82) is 0 Å². The SMILES string of the molecule is Cc1ccc2[nH]c(=O)c(C(=O)c3ccccc3)cc2c1. The summed E-state index contributed by atoms with van der Waals surface area (Å²) in [5, 5.41) is 0.865. The highest BCUT2D eigenvalue weighted by molar-refractivity contribution is 6.10. The minimum absolute atomic E-state index is 0.175. The summed E-state index contributed by atoms with van der Waals surface area (Å²) in [6.07, 6.45) is 0. The third-order valence-electron chi connectivity index (χ3n) is 3.28. The topological polar surface area (TPSA) is 49.9 Å². The van der Waals surface area contributed by atoms with Crippen LogP contribution in [0.1, 0.15) is 21.5 Å². The van der Waals surface area contributed by atoms with E-state index in [9.17, 15) is 9.59 Å². The fourth-order valence-electron chi connectivity index (χ4n) is 2.24. The fourth-order valence-corrected chi connectivity index (χ4v) is 2.24. The molecule has 3 rings (SSSR count). The molecule has 0 aliphatic heterocycles. The van der Waals surface area contributed by atoms with E-state index in [2.05, 4.69) is 4.98 Å². The van der Waals surface area contributed by atoms with Gasteiger partial charge in [-0.1, -0.05) is 42.0 Å². The van der Waals surface area contributed by atoms with E-state index >= 15 is 0 Å². The lowest BCUT2D eigenvalue weighted by Crippen LogP contribution is -2.18. The molecule has 1 heterocycles. The van der Waals surface area contributed by atoms with Crippen molar-refractivity contribution in [2.24, 2.45) is 0 Å². The molecule has 1 aromatic heterocycles. The molecule has 0 aliphatic carbocycles. The minimum atomic E-state index is -0.352. The number of H-pyrrole nitrogens is 1. The summed E-state index contributed by atoms with van der Waals surface area (Å²) >= 11 is 0. The first-order chi connectivity index (χ1) is 9.65. The number of aromatic amines is 1. The Bertz CT molecular complexity index is 848. The summed E-state index contributed by atoms with van der Waals surface area (Å²) in [6, 6.07) is 16.2. The second-order valence-electron chi connectivity index (χ2n) is 4.80. The van der Waals surface area contributed by atoms with Crippen LogP contribution < -0.4 is 5.56 Å². The molecule has 0 radical (unpaired) electrons. The third kappa shape index (κ3) is 2.14. The van der Waals surface area contributed by atoms with Crippen LogP contribution in [-0.4, -0.2) is 10.8 Å². The molecule has 0 saturated carbocycles. The number of ketones is 1. The van der Waals surface area contributed by atoms with Crippen LogP contribution in [0, 0.1) is 6.92 Å². The maximum absolute atomic E-state index is 12.4. The second-order valence-corrected chi connectivity index (χ2v) is 4.80. The highest BCUT2D eigenvalue weighted by Crippen LogP contribution is 2.15. The van der Waals surface area contributed by atoms with Gasteiger partial charge in [0.05, 0.1) is 5.56 Å². The summed E-state index contributed by atoms with van der Waals surface area (Å²) in [6.45, 7) is 1.98. The molecule has 3 heteroatoms. The molecule has 0 fully saturated rings. The second kappa shape index (κ2) is 4.78. The molecule has 20 heavy (non-hydrogen) atoms. The molecular weight excluding hydrogens is 250 g/mol. The van der Waals surface area contributed by atoms with Crippen LogP contribution >= 0.6 is 0 Å². The lowest BCUT2D eigenvalue weighted by molar-refractivity contribution is 0.103. The average Bonchev–Trinajstić information content (AvgIpc) is 2.47. The smallest absolute Gasteiger partial charge is 0.259 e. The van der Waals surface area contributed by atoms with Crippen LogP contribution in [0.2, 0.25) is 0 Å². The zero-order chi connectivity index (χ0) is 14.1. The molecule has 3 aromatic rings. The van der Waals surface area contributed by atoms with Crippen molar-refractivity contribution in [3.05, 3.63) is 81.6 Å². The number of benzene rings is 2. The van der Waals surface area contributed by atoms with E-state index in [1.807, 2.05) is 31.2 Å². The van der Waals surface area contributed by atoms with Crippen molar-refractivity contribution < 1.29 is 4.79 Å². The average molecular weight is 263 g/mol. The number of pyridine rings is 1. The first-order valence-electron chi connectivity index (χ1n) is 6.38. The van der Waals surface area contributed by atoms with Crippen LogP contribution in [-0.2, 0) is 0 Å². The van der Waals surface area contributed by atoms with Gasteiger partial charge >= 0.3 is 0 Å². The van der Waals surface area contributed by atoms with Crippen LogP contribution in [0.3, 0.4) is 0 Å². The Labute approximate surface area is 115 Å². The molecular formula is C17H13NO2. The normalized spacial score (nSPS) is 10.7. The van der Waals surface area contributed by atoms with E-state index in [1.54, 1.807) is 30.3 Å². The molecule has 3 nitrogen and oxygen atoms in total. The Hall–Kier alpha value is -2.68. The number of rotatable bonds is 2. The lowest BCUT2D eigenvalue weighted by Gasteiger charge is -2.04. The van der Waals surface area contributed by atoms with Crippen LogP contribution in [0.4, 0.5) is 0 Å². The molecule has 0 bridgehead atoms. The Morgan fingerprint density at radius 3 is 2.50 bits per heavy atom. The van der Waals surface area contributed by atoms with Gasteiger partial charge in [0.25, 0.3) is 5.56 Å². The molecule has 2 aromatic carbocycles. The number of aryl methyl sites for hydroxylation is 1. The minimum Gasteiger partial charge on any atom is -0.321 e. The highest BCUT2D eigenvalue weighted by atomic mass is 16.1. The van der Waals surface area contributed by atoms with Crippen molar-refractivity contribution >= 4 is 16.7 Å². The van der Waals surface area contributed by atoms with E-state index in [4.69, 9.17) is 0 Å². The number of fused-ring (bicyclic) bond motifs is 1. The Balaban J connectivity index is 2.19. The molecule has 0 unspecified atom stereocenters. The summed E-state index contributed by atoms with van der Waals surface area (Å²) in [5.74, 6) is -0.254. The summed E-state index contributed by atoms with van der Waals surface area (Å²) < 4.78 is 0. The zero-order valence-corrected chi connectivity index (χ0v) is 11.0. The Kier molecular flexibility index (Phi) is 2.95. The first kappa shape index (κ1) is 12.4.